The van der Waals surface area contributed by atoms with Crippen molar-refractivity contribution in [3.8, 4) is 0 Å². The molecule has 0 unspecified atom stereocenters. The fraction of sp³-hybridized carbons (Fsp3) is 0.455. The van der Waals surface area contributed by atoms with Gasteiger partial charge in [0.25, 0.3) is 5.91 Å². The van der Waals surface area contributed by atoms with Gasteiger partial charge in [-0.05, 0) is 50.8 Å². The van der Waals surface area contributed by atoms with Crippen LogP contribution in [0.25, 0.3) is 0 Å². The highest BCUT2D eigenvalue weighted by Crippen LogP contribution is 2.40. The van der Waals surface area contributed by atoms with Crippen LogP contribution in [0.15, 0.2) is 42.7 Å². The number of carbonyl (C=O) groups is 1. The second kappa shape index (κ2) is 7.46. The number of aryl methyl sites for hydroxylation is 1. The van der Waals surface area contributed by atoms with Crippen LogP contribution in [0.3, 0.4) is 0 Å². The number of carbonyl (C=O) groups excluding carboxylic acids is 1. The molecule has 0 spiro atoms. The third kappa shape index (κ3) is 3.69. The van der Waals surface area contributed by atoms with E-state index in [1.807, 2.05) is 53.0 Å². The number of hydrogen-bond acceptors (Lipinski definition) is 4. The molecular formula is C22H26N6O. The molecule has 3 aromatic rings. The molecule has 150 valence electrons. The summed E-state index contributed by atoms with van der Waals surface area (Å²) in [6.45, 7) is 4.21. The van der Waals surface area contributed by atoms with Crippen molar-refractivity contribution in [3.63, 3.8) is 0 Å². The van der Waals surface area contributed by atoms with Crippen molar-refractivity contribution in [2.75, 3.05) is 13.1 Å². The van der Waals surface area contributed by atoms with Crippen LogP contribution < -0.4 is 0 Å². The van der Waals surface area contributed by atoms with Crippen LogP contribution in [-0.4, -0.2) is 48.4 Å². The SMILES string of the molecule is Cc1cccc(C(=O)N2CCC(c3nnc(Cn4cccn4)n3C3CC3)CC2)c1. The maximum Gasteiger partial charge on any atom is 0.253 e. The summed E-state index contributed by atoms with van der Waals surface area (Å²) in [7, 11) is 0. The Kier molecular flexibility index (Phi) is 4.66. The minimum Gasteiger partial charge on any atom is -0.339 e. The summed E-state index contributed by atoms with van der Waals surface area (Å²) >= 11 is 0. The molecule has 0 radical (unpaired) electrons. The van der Waals surface area contributed by atoms with Crippen LogP contribution in [0.5, 0.6) is 0 Å². The minimum atomic E-state index is 0.134. The van der Waals surface area contributed by atoms with E-state index in [1.54, 1.807) is 6.20 Å². The smallest absolute Gasteiger partial charge is 0.253 e. The summed E-state index contributed by atoms with van der Waals surface area (Å²) in [4.78, 5) is 14.8. The van der Waals surface area contributed by atoms with Gasteiger partial charge in [0.2, 0.25) is 0 Å². The fourth-order valence-electron chi connectivity index (χ4n) is 4.29. The lowest BCUT2D eigenvalue weighted by Gasteiger charge is -2.32. The van der Waals surface area contributed by atoms with Crippen molar-refractivity contribution in [2.45, 2.75) is 51.1 Å². The molecule has 2 aromatic heterocycles. The van der Waals surface area contributed by atoms with Crippen molar-refractivity contribution >= 4 is 5.91 Å². The van der Waals surface area contributed by atoms with Crippen LogP contribution >= 0.6 is 0 Å². The lowest BCUT2D eigenvalue weighted by atomic mass is 9.95. The van der Waals surface area contributed by atoms with Gasteiger partial charge in [-0.2, -0.15) is 5.10 Å². The van der Waals surface area contributed by atoms with Crippen molar-refractivity contribution in [3.05, 3.63) is 65.5 Å². The second-order valence-corrected chi connectivity index (χ2v) is 8.22. The predicted molar refractivity (Wildman–Crippen MR) is 109 cm³/mol. The molecule has 7 heteroatoms. The molecule has 0 bridgehead atoms. The van der Waals surface area contributed by atoms with Crippen LogP contribution in [0.2, 0.25) is 0 Å². The van der Waals surface area contributed by atoms with Crippen LogP contribution in [-0.2, 0) is 6.54 Å². The third-order valence-corrected chi connectivity index (χ3v) is 5.98. The highest BCUT2D eigenvalue weighted by molar-refractivity contribution is 5.94. The maximum absolute atomic E-state index is 12.8. The van der Waals surface area contributed by atoms with E-state index >= 15 is 0 Å². The Morgan fingerprint density at radius 1 is 1.10 bits per heavy atom. The number of nitrogens with zero attached hydrogens (tertiary/aromatic N) is 6. The molecule has 0 N–H and O–H groups in total. The van der Waals surface area contributed by atoms with Gasteiger partial charge in [-0.15, -0.1) is 10.2 Å². The fourth-order valence-corrected chi connectivity index (χ4v) is 4.29. The summed E-state index contributed by atoms with van der Waals surface area (Å²) in [6, 6.07) is 10.3. The Morgan fingerprint density at radius 3 is 2.62 bits per heavy atom. The highest BCUT2D eigenvalue weighted by atomic mass is 16.2. The van der Waals surface area contributed by atoms with Gasteiger partial charge in [-0.25, -0.2) is 0 Å². The number of rotatable bonds is 5. The first kappa shape index (κ1) is 18.1. The van der Waals surface area contributed by atoms with E-state index in [4.69, 9.17) is 0 Å². The maximum atomic E-state index is 12.8. The molecule has 29 heavy (non-hydrogen) atoms. The van der Waals surface area contributed by atoms with Gasteiger partial charge in [0.1, 0.15) is 12.4 Å². The average molecular weight is 390 g/mol. The Balaban J connectivity index is 1.30. The zero-order valence-corrected chi connectivity index (χ0v) is 16.7. The molecular weight excluding hydrogens is 364 g/mol. The molecule has 2 fully saturated rings. The molecule has 7 nitrogen and oxygen atoms in total. The molecule has 0 atom stereocenters. The van der Waals surface area contributed by atoms with Gasteiger partial charge in [0, 0.05) is 43.0 Å². The Morgan fingerprint density at radius 2 is 1.93 bits per heavy atom. The molecule has 1 aliphatic carbocycles. The Hall–Kier alpha value is -2.96. The monoisotopic (exact) mass is 390 g/mol. The zero-order valence-electron chi connectivity index (χ0n) is 16.7. The van der Waals surface area contributed by atoms with Gasteiger partial charge in [-0.3, -0.25) is 9.48 Å². The lowest BCUT2D eigenvalue weighted by Crippen LogP contribution is -2.38. The number of piperidine rings is 1. The quantitative estimate of drug-likeness (QED) is 0.671. The number of aromatic nitrogens is 5. The van der Waals surface area contributed by atoms with Gasteiger partial charge < -0.3 is 9.47 Å². The first-order valence-electron chi connectivity index (χ1n) is 10.5. The van der Waals surface area contributed by atoms with Crippen molar-refractivity contribution in [1.82, 2.24) is 29.4 Å². The second-order valence-electron chi connectivity index (χ2n) is 8.22. The summed E-state index contributed by atoms with van der Waals surface area (Å²) in [6.07, 6.45) is 8.01. The third-order valence-electron chi connectivity index (χ3n) is 5.98. The summed E-state index contributed by atoms with van der Waals surface area (Å²) < 4.78 is 4.25. The molecule has 1 saturated carbocycles. The molecule has 1 saturated heterocycles. The van der Waals surface area contributed by atoms with E-state index < -0.39 is 0 Å². The Bertz CT molecular complexity index is 996. The van der Waals surface area contributed by atoms with Crippen LogP contribution in [0.4, 0.5) is 0 Å². The molecule has 1 amide bonds. The minimum absolute atomic E-state index is 0.134. The number of amides is 1. The number of likely N-dealkylation sites (tertiary alicyclic amines) is 1. The van der Waals surface area contributed by atoms with Crippen molar-refractivity contribution in [2.24, 2.45) is 0 Å². The first-order valence-corrected chi connectivity index (χ1v) is 10.5. The first-order chi connectivity index (χ1) is 14.2. The normalized spacial score (nSPS) is 17.6. The van der Waals surface area contributed by atoms with E-state index in [2.05, 4.69) is 19.9 Å². The average Bonchev–Trinajstić information content (AvgIpc) is 3.28. The van der Waals surface area contributed by atoms with E-state index in [1.165, 1.54) is 12.8 Å². The van der Waals surface area contributed by atoms with E-state index in [-0.39, 0.29) is 5.91 Å². The molecule has 5 rings (SSSR count). The standard InChI is InChI=1S/C22H26N6O/c1-16-4-2-5-18(14-16)22(29)26-12-8-17(9-13-26)21-25-24-20(28(21)19-6-7-19)15-27-11-3-10-23-27/h2-5,10-11,14,17,19H,6-9,12-13,15H2,1H3. The van der Waals surface area contributed by atoms with E-state index in [0.717, 1.165) is 48.7 Å². The van der Waals surface area contributed by atoms with Crippen molar-refractivity contribution in [1.29, 1.82) is 0 Å². The van der Waals surface area contributed by atoms with Gasteiger partial charge in [0.15, 0.2) is 5.82 Å². The molecule has 2 aliphatic rings. The predicted octanol–water partition coefficient (Wildman–Crippen LogP) is 3.19. The molecule has 1 aliphatic heterocycles. The van der Waals surface area contributed by atoms with Crippen molar-refractivity contribution < 1.29 is 4.79 Å². The summed E-state index contributed by atoms with van der Waals surface area (Å²) in [5.74, 6) is 2.58. The summed E-state index contributed by atoms with van der Waals surface area (Å²) in [5.41, 5.74) is 1.90. The van der Waals surface area contributed by atoms with E-state index in [9.17, 15) is 4.79 Å². The van der Waals surface area contributed by atoms with E-state index in [0.29, 0.717) is 18.5 Å². The number of hydrogen-bond donors (Lipinski definition) is 0. The largest absolute Gasteiger partial charge is 0.339 e. The van der Waals surface area contributed by atoms with Gasteiger partial charge in [-0.1, -0.05) is 17.7 Å². The van der Waals surface area contributed by atoms with Crippen LogP contribution in [0, 0.1) is 6.92 Å². The molecule has 1 aromatic carbocycles. The Labute approximate surface area is 170 Å². The lowest BCUT2D eigenvalue weighted by molar-refractivity contribution is 0.0710. The zero-order chi connectivity index (χ0) is 19.8. The van der Waals surface area contributed by atoms with Gasteiger partial charge >= 0.3 is 0 Å². The molecule has 3 heterocycles. The highest BCUT2D eigenvalue weighted by Gasteiger charge is 2.34. The topological polar surface area (TPSA) is 68.8 Å². The van der Waals surface area contributed by atoms with Crippen LogP contribution in [0.1, 0.15) is 65.2 Å². The number of benzene rings is 1. The van der Waals surface area contributed by atoms with Gasteiger partial charge in [0.05, 0.1) is 0 Å². The summed E-state index contributed by atoms with van der Waals surface area (Å²) in [5, 5.41) is 13.4.